The molecule has 0 atom stereocenters. The molecule has 3 nitrogen and oxygen atoms in total. The van der Waals surface area contributed by atoms with Gasteiger partial charge in [0.2, 0.25) is 5.91 Å². The van der Waals surface area contributed by atoms with Crippen LogP contribution >= 0.6 is 12.2 Å². The summed E-state index contributed by atoms with van der Waals surface area (Å²) in [6.45, 7) is 0.778. The second-order valence-electron chi connectivity index (χ2n) is 5.49. The molecule has 2 aliphatic rings. The molecule has 0 saturated heterocycles. The highest BCUT2D eigenvalue weighted by molar-refractivity contribution is 7.80. The number of fused-ring (bicyclic) bond motifs is 1. The fourth-order valence-electron chi connectivity index (χ4n) is 2.85. The molecule has 1 amide bonds. The molecule has 0 unspecified atom stereocenters. The lowest BCUT2D eigenvalue weighted by Crippen LogP contribution is -2.43. The standard InChI is InChI=1S/C15H18N2OS/c16-13(19)15(8-9-15)14(18)17-10-4-3-6-11-5-1-2-7-12(11)17/h1-2,5,7H,3-4,6,8-10H2,(H2,16,19). The molecule has 3 rings (SSSR count). The highest BCUT2D eigenvalue weighted by Gasteiger charge is 2.54. The second kappa shape index (κ2) is 4.60. The van der Waals surface area contributed by atoms with Crippen molar-refractivity contribution in [1.82, 2.24) is 0 Å². The molecule has 1 saturated carbocycles. The number of nitrogens with two attached hydrogens (primary N) is 1. The Hall–Kier alpha value is -1.42. The van der Waals surface area contributed by atoms with Crippen molar-refractivity contribution in [2.75, 3.05) is 11.4 Å². The van der Waals surface area contributed by atoms with Crippen molar-refractivity contribution in [2.45, 2.75) is 32.1 Å². The lowest BCUT2D eigenvalue weighted by atomic mass is 10.0. The van der Waals surface area contributed by atoms with Crippen molar-refractivity contribution in [3.63, 3.8) is 0 Å². The van der Waals surface area contributed by atoms with Crippen molar-refractivity contribution in [3.8, 4) is 0 Å². The van der Waals surface area contributed by atoms with Gasteiger partial charge in [0.15, 0.2) is 0 Å². The number of para-hydroxylation sites is 1. The van der Waals surface area contributed by atoms with Gasteiger partial charge in [0.1, 0.15) is 0 Å². The third-order valence-corrected chi connectivity index (χ3v) is 4.63. The number of thiocarbonyl (C=S) groups is 1. The van der Waals surface area contributed by atoms with Gasteiger partial charge in [0.05, 0.1) is 10.4 Å². The van der Waals surface area contributed by atoms with Crippen LogP contribution in [-0.2, 0) is 11.2 Å². The van der Waals surface area contributed by atoms with E-state index in [2.05, 4.69) is 6.07 Å². The Balaban J connectivity index is 1.97. The minimum Gasteiger partial charge on any atom is -0.392 e. The first-order valence-corrected chi connectivity index (χ1v) is 7.26. The van der Waals surface area contributed by atoms with Gasteiger partial charge in [0, 0.05) is 12.2 Å². The second-order valence-corrected chi connectivity index (χ2v) is 5.93. The number of rotatable bonds is 2. The Morgan fingerprint density at radius 1 is 1.26 bits per heavy atom. The number of amides is 1. The number of benzene rings is 1. The van der Waals surface area contributed by atoms with E-state index in [1.807, 2.05) is 23.1 Å². The van der Waals surface area contributed by atoms with Gasteiger partial charge in [-0.15, -0.1) is 0 Å². The molecular weight excluding hydrogens is 256 g/mol. The maximum absolute atomic E-state index is 12.8. The molecule has 19 heavy (non-hydrogen) atoms. The molecule has 0 radical (unpaired) electrons. The van der Waals surface area contributed by atoms with Crippen molar-refractivity contribution < 1.29 is 4.79 Å². The maximum Gasteiger partial charge on any atom is 0.240 e. The normalized spacial score (nSPS) is 20.3. The number of nitrogens with zero attached hydrogens (tertiary/aromatic N) is 1. The third kappa shape index (κ3) is 2.04. The van der Waals surface area contributed by atoms with Gasteiger partial charge in [-0.3, -0.25) is 4.79 Å². The molecule has 1 fully saturated rings. The third-order valence-electron chi connectivity index (χ3n) is 4.24. The Kier molecular flexibility index (Phi) is 3.05. The highest BCUT2D eigenvalue weighted by Crippen LogP contribution is 2.48. The predicted molar refractivity (Wildman–Crippen MR) is 80.2 cm³/mol. The number of aryl methyl sites for hydroxylation is 1. The zero-order chi connectivity index (χ0) is 13.5. The number of hydrogen-bond donors (Lipinski definition) is 1. The van der Waals surface area contributed by atoms with Crippen LogP contribution in [0.15, 0.2) is 24.3 Å². The summed E-state index contributed by atoms with van der Waals surface area (Å²) in [6, 6.07) is 8.17. The molecule has 0 spiro atoms. The molecule has 1 aromatic carbocycles. The van der Waals surface area contributed by atoms with Gasteiger partial charge in [0.25, 0.3) is 0 Å². The van der Waals surface area contributed by atoms with Gasteiger partial charge < -0.3 is 10.6 Å². The lowest BCUT2D eigenvalue weighted by Gasteiger charge is -2.27. The van der Waals surface area contributed by atoms with Crippen LogP contribution in [0.4, 0.5) is 5.69 Å². The van der Waals surface area contributed by atoms with Gasteiger partial charge in [-0.1, -0.05) is 30.4 Å². The monoisotopic (exact) mass is 274 g/mol. The first-order chi connectivity index (χ1) is 9.15. The van der Waals surface area contributed by atoms with Gasteiger partial charge in [-0.05, 0) is 43.7 Å². The summed E-state index contributed by atoms with van der Waals surface area (Å²) in [5, 5.41) is 0. The van der Waals surface area contributed by atoms with E-state index >= 15 is 0 Å². The van der Waals surface area contributed by atoms with E-state index in [0.717, 1.165) is 44.3 Å². The first-order valence-electron chi connectivity index (χ1n) is 6.85. The van der Waals surface area contributed by atoms with E-state index < -0.39 is 5.41 Å². The summed E-state index contributed by atoms with van der Waals surface area (Å²) in [7, 11) is 0. The van der Waals surface area contributed by atoms with Crippen LogP contribution in [0.3, 0.4) is 0 Å². The summed E-state index contributed by atoms with van der Waals surface area (Å²) < 4.78 is 0. The van der Waals surface area contributed by atoms with Crippen LogP contribution in [0.2, 0.25) is 0 Å². The lowest BCUT2D eigenvalue weighted by molar-refractivity contribution is -0.121. The molecule has 100 valence electrons. The summed E-state index contributed by atoms with van der Waals surface area (Å²) in [5.41, 5.74) is 7.54. The number of anilines is 1. The molecule has 1 aliphatic heterocycles. The molecule has 1 aliphatic carbocycles. The number of carbonyl (C=O) groups is 1. The van der Waals surface area contributed by atoms with Gasteiger partial charge in [-0.2, -0.15) is 0 Å². The van der Waals surface area contributed by atoms with Crippen LogP contribution in [0.25, 0.3) is 0 Å². The van der Waals surface area contributed by atoms with E-state index in [1.54, 1.807) is 0 Å². The van der Waals surface area contributed by atoms with E-state index in [4.69, 9.17) is 18.0 Å². The molecular formula is C15H18N2OS. The minimum absolute atomic E-state index is 0.106. The highest BCUT2D eigenvalue weighted by atomic mass is 32.1. The zero-order valence-electron chi connectivity index (χ0n) is 10.9. The largest absolute Gasteiger partial charge is 0.392 e. The number of carbonyl (C=O) groups excluding carboxylic acids is 1. The van der Waals surface area contributed by atoms with E-state index in [-0.39, 0.29) is 5.91 Å². The molecule has 1 heterocycles. The minimum atomic E-state index is -0.549. The van der Waals surface area contributed by atoms with Crippen molar-refractivity contribution >= 4 is 28.8 Å². The summed E-state index contributed by atoms with van der Waals surface area (Å²) in [6.07, 6.45) is 4.81. The van der Waals surface area contributed by atoms with Crippen LogP contribution in [0.1, 0.15) is 31.2 Å². The first kappa shape index (κ1) is 12.6. The van der Waals surface area contributed by atoms with Crippen LogP contribution in [0, 0.1) is 5.41 Å². The molecule has 1 aromatic rings. The Labute approximate surface area is 118 Å². The topological polar surface area (TPSA) is 46.3 Å². The fraction of sp³-hybridized carbons (Fsp3) is 0.467. The smallest absolute Gasteiger partial charge is 0.240 e. The average Bonchev–Trinajstić information content (AvgIpc) is 3.22. The van der Waals surface area contributed by atoms with Crippen molar-refractivity contribution in [1.29, 1.82) is 0 Å². The van der Waals surface area contributed by atoms with Crippen molar-refractivity contribution in [2.24, 2.45) is 11.1 Å². The Morgan fingerprint density at radius 2 is 2.00 bits per heavy atom. The summed E-state index contributed by atoms with van der Waals surface area (Å²) >= 11 is 5.10. The van der Waals surface area contributed by atoms with E-state index in [0.29, 0.717) is 4.99 Å². The van der Waals surface area contributed by atoms with Gasteiger partial charge in [-0.25, -0.2) is 0 Å². The van der Waals surface area contributed by atoms with Gasteiger partial charge >= 0.3 is 0 Å². The summed E-state index contributed by atoms with van der Waals surface area (Å²) in [5.74, 6) is 0.106. The van der Waals surface area contributed by atoms with Crippen LogP contribution in [-0.4, -0.2) is 17.4 Å². The van der Waals surface area contributed by atoms with Crippen LogP contribution < -0.4 is 10.6 Å². The summed E-state index contributed by atoms with van der Waals surface area (Å²) in [4.78, 5) is 15.1. The number of hydrogen-bond acceptors (Lipinski definition) is 2. The Morgan fingerprint density at radius 3 is 2.68 bits per heavy atom. The maximum atomic E-state index is 12.8. The molecule has 0 aromatic heterocycles. The molecule has 4 heteroatoms. The van der Waals surface area contributed by atoms with Crippen LogP contribution in [0.5, 0.6) is 0 Å². The van der Waals surface area contributed by atoms with E-state index in [1.165, 1.54) is 5.56 Å². The SMILES string of the molecule is NC(=S)C1(C(=O)N2CCCCc3ccccc32)CC1. The Bertz CT molecular complexity index is 537. The van der Waals surface area contributed by atoms with Crippen molar-refractivity contribution in [3.05, 3.63) is 29.8 Å². The zero-order valence-corrected chi connectivity index (χ0v) is 11.7. The molecule has 0 bridgehead atoms. The quantitative estimate of drug-likeness (QED) is 0.843. The molecule has 2 N–H and O–H groups in total. The van der Waals surface area contributed by atoms with E-state index in [9.17, 15) is 4.79 Å². The fourth-order valence-corrected chi connectivity index (χ4v) is 3.14. The predicted octanol–water partition coefficient (Wildman–Crippen LogP) is 2.42. The average molecular weight is 274 g/mol.